The average molecular weight is 1480 g/mol. The fourth-order valence-corrected chi connectivity index (χ4v) is 14.2. The van der Waals surface area contributed by atoms with Crippen LogP contribution in [0.2, 0.25) is 0 Å². The van der Waals surface area contributed by atoms with E-state index in [1.807, 2.05) is 0 Å². The van der Waals surface area contributed by atoms with Crippen LogP contribution in [0.5, 0.6) is 0 Å². The van der Waals surface area contributed by atoms with Crippen LogP contribution in [0.1, 0.15) is 421 Å². The Kier molecular flexibility index (Phi) is 69.6. The van der Waals surface area contributed by atoms with Crippen molar-refractivity contribution in [3.05, 3.63) is 0 Å². The van der Waals surface area contributed by atoms with Gasteiger partial charge in [0.05, 0.1) is 26.4 Å². The van der Waals surface area contributed by atoms with E-state index in [0.29, 0.717) is 25.7 Å². The standard InChI is InChI=1S/C82H160O17P2/c1-72(2)58-50-42-34-26-20-14-9-11-17-23-29-38-46-54-62-79(84)92-68-77(98-81(86)64-56-48-40-30-24-18-12-10-15-21-27-35-43-51-59-73(3)4)70-96-100(88,89)94-66-76(83)67-95-101(90,91)97-71-78(69-93-80(85)63-55-47-39-33-32-37-45-53-61-75(7)8)99-82(87)65-57-49-41-31-25-19-13-16-22-28-36-44-52-60-74(5)6/h72-78,83H,9-71H2,1-8H3,(H,88,89)(H,90,91)/t76-,77-,78-/m1/s1. The van der Waals surface area contributed by atoms with Crippen molar-refractivity contribution in [2.75, 3.05) is 39.6 Å². The highest BCUT2D eigenvalue weighted by Gasteiger charge is 2.30. The van der Waals surface area contributed by atoms with Crippen molar-refractivity contribution in [2.24, 2.45) is 23.7 Å². The van der Waals surface area contributed by atoms with E-state index in [1.54, 1.807) is 0 Å². The van der Waals surface area contributed by atoms with E-state index in [0.717, 1.165) is 114 Å². The Hall–Kier alpha value is -1.94. The second kappa shape index (κ2) is 71.0. The van der Waals surface area contributed by atoms with Gasteiger partial charge in [-0.1, -0.05) is 370 Å². The van der Waals surface area contributed by atoms with E-state index < -0.39 is 97.5 Å². The van der Waals surface area contributed by atoms with Crippen molar-refractivity contribution in [3.8, 4) is 0 Å². The van der Waals surface area contributed by atoms with Gasteiger partial charge < -0.3 is 33.8 Å². The molecule has 0 aromatic heterocycles. The van der Waals surface area contributed by atoms with Gasteiger partial charge in [0, 0.05) is 25.7 Å². The third-order valence-electron chi connectivity index (χ3n) is 19.1. The average Bonchev–Trinajstić information content (AvgIpc) is 0.931. The van der Waals surface area contributed by atoms with E-state index in [9.17, 15) is 43.2 Å². The molecule has 0 aromatic carbocycles. The smallest absolute Gasteiger partial charge is 0.462 e. The first-order valence-corrected chi connectivity index (χ1v) is 45.2. The highest BCUT2D eigenvalue weighted by molar-refractivity contribution is 7.47. The van der Waals surface area contributed by atoms with Crippen molar-refractivity contribution in [1.29, 1.82) is 0 Å². The number of esters is 4. The summed E-state index contributed by atoms with van der Waals surface area (Å²) in [6.45, 7) is 14.3. The largest absolute Gasteiger partial charge is 0.472 e. The molecule has 0 amide bonds. The number of hydrogen-bond donors (Lipinski definition) is 3. The lowest BCUT2D eigenvalue weighted by Crippen LogP contribution is -2.30. The molecule has 0 aromatic rings. The van der Waals surface area contributed by atoms with E-state index >= 15 is 0 Å². The SMILES string of the molecule is CC(C)CCCCCCCCCCCCCCCCC(=O)OC[C@H](COP(=O)(O)OC[C@@H](O)COP(=O)(O)OC[C@@H](COC(=O)CCCCCCCCCCC(C)C)OC(=O)CCCCCCCCCCCCCCCC(C)C)OC(=O)CCCCCCCCCCCCCCCCC(C)C. The summed E-state index contributed by atoms with van der Waals surface area (Å²) in [4.78, 5) is 73.1. The lowest BCUT2D eigenvalue weighted by molar-refractivity contribution is -0.161. The molecule has 0 radical (unpaired) electrons. The van der Waals surface area contributed by atoms with Crippen molar-refractivity contribution in [2.45, 2.75) is 440 Å². The number of ether oxygens (including phenoxy) is 4. The van der Waals surface area contributed by atoms with E-state index in [1.165, 1.54) is 225 Å². The molecule has 0 fully saturated rings. The molecule has 600 valence electrons. The summed E-state index contributed by atoms with van der Waals surface area (Å²) >= 11 is 0. The first kappa shape index (κ1) is 99.1. The Balaban J connectivity index is 5.26. The number of carbonyl (C=O) groups excluding carboxylic acids is 4. The molecule has 0 aliphatic rings. The fourth-order valence-electron chi connectivity index (χ4n) is 12.6. The number of hydrogen-bond acceptors (Lipinski definition) is 15. The maximum Gasteiger partial charge on any atom is 0.472 e. The summed E-state index contributed by atoms with van der Waals surface area (Å²) in [6, 6.07) is 0. The predicted octanol–water partition coefficient (Wildman–Crippen LogP) is 24.4. The van der Waals surface area contributed by atoms with Crippen LogP contribution in [0.4, 0.5) is 0 Å². The summed E-state index contributed by atoms with van der Waals surface area (Å²) in [5, 5.41) is 10.7. The zero-order chi connectivity index (χ0) is 74.6. The summed E-state index contributed by atoms with van der Waals surface area (Å²) < 4.78 is 68.8. The quantitative estimate of drug-likeness (QED) is 0.0222. The maximum atomic E-state index is 13.1. The molecule has 17 nitrogen and oxygen atoms in total. The van der Waals surface area contributed by atoms with Gasteiger partial charge in [-0.15, -0.1) is 0 Å². The topological polar surface area (TPSA) is 237 Å². The number of phosphoric ester groups is 2. The Morgan fingerprint density at radius 1 is 0.248 bits per heavy atom. The van der Waals surface area contributed by atoms with Crippen LogP contribution in [0.15, 0.2) is 0 Å². The monoisotopic (exact) mass is 1480 g/mol. The first-order chi connectivity index (χ1) is 48.6. The number of aliphatic hydroxyl groups excluding tert-OH is 1. The summed E-state index contributed by atoms with van der Waals surface area (Å²) in [5.41, 5.74) is 0. The summed E-state index contributed by atoms with van der Waals surface area (Å²) in [6.07, 6.45) is 58.2. The van der Waals surface area contributed by atoms with Crippen LogP contribution in [0.25, 0.3) is 0 Å². The molecular weight excluding hydrogens is 1320 g/mol. The molecule has 0 spiro atoms. The van der Waals surface area contributed by atoms with Crippen molar-refractivity contribution >= 4 is 39.5 Å². The van der Waals surface area contributed by atoms with Gasteiger partial charge in [0.25, 0.3) is 0 Å². The van der Waals surface area contributed by atoms with E-state index in [-0.39, 0.29) is 25.7 Å². The second-order valence-corrected chi connectivity index (χ2v) is 34.3. The molecule has 0 aliphatic carbocycles. The normalized spacial score (nSPS) is 14.0. The number of rotatable bonds is 79. The Bertz CT molecular complexity index is 1970. The molecule has 0 aliphatic heterocycles. The van der Waals surface area contributed by atoms with Crippen molar-refractivity contribution in [3.63, 3.8) is 0 Å². The number of carbonyl (C=O) groups is 4. The number of phosphoric acid groups is 2. The second-order valence-electron chi connectivity index (χ2n) is 31.4. The van der Waals surface area contributed by atoms with Crippen LogP contribution in [0.3, 0.4) is 0 Å². The van der Waals surface area contributed by atoms with Crippen molar-refractivity contribution < 1.29 is 80.2 Å². The first-order valence-electron chi connectivity index (χ1n) is 42.2. The molecule has 19 heteroatoms. The third kappa shape index (κ3) is 76.1. The van der Waals surface area contributed by atoms with E-state index in [4.69, 9.17) is 37.0 Å². The molecule has 0 saturated heterocycles. The summed E-state index contributed by atoms with van der Waals surface area (Å²) in [5.74, 6) is 0.995. The Morgan fingerprint density at radius 2 is 0.416 bits per heavy atom. The Morgan fingerprint density at radius 3 is 0.614 bits per heavy atom. The molecular formula is C82H160O17P2. The lowest BCUT2D eigenvalue weighted by atomic mass is 10.0. The molecule has 0 heterocycles. The minimum absolute atomic E-state index is 0.106. The molecule has 5 atom stereocenters. The maximum absolute atomic E-state index is 13.1. The molecule has 3 N–H and O–H groups in total. The highest BCUT2D eigenvalue weighted by Crippen LogP contribution is 2.45. The molecule has 0 bridgehead atoms. The van der Waals surface area contributed by atoms with Gasteiger partial charge in [0.1, 0.15) is 19.3 Å². The van der Waals surface area contributed by atoms with Gasteiger partial charge in [-0.2, -0.15) is 0 Å². The van der Waals surface area contributed by atoms with Crippen LogP contribution < -0.4 is 0 Å². The van der Waals surface area contributed by atoms with Crippen LogP contribution in [-0.2, 0) is 65.4 Å². The van der Waals surface area contributed by atoms with Gasteiger partial charge in [0.2, 0.25) is 0 Å². The minimum Gasteiger partial charge on any atom is -0.462 e. The van der Waals surface area contributed by atoms with Gasteiger partial charge in [-0.3, -0.25) is 37.3 Å². The van der Waals surface area contributed by atoms with Gasteiger partial charge >= 0.3 is 39.5 Å². The van der Waals surface area contributed by atoms with Gasteiger partial charge in [-0.25, -0.2) is 9.13 Å². The lowest BCUT2D eigenvalue weighted by Gasteiger charge is -2.21. The molecule has 0 saturated carbocycles. The van der Waals surface area contributed by atoms with Gasteiger partial charge in [0.15, 0.2) is 12.2 Å². The zero-order valence-corrected chi connectivity index (χ0v) is 68.3. The molecule has 0 rings (SSSR count). The molecule has 101 heavy (non-hydrogen) atoms. The van der Waals surface area contributed by atoms with Crippen LogP contribution in [-0.4, -0.2) is 96.7 Å². The molecule has 2 unspecified atom stereocenters. The minimum atomic E-state index is -4.96. The predicted molar refractivity (Wildman–Crippen MR) is 414 cm³/mol. The summed E-state index contributed by atoms with van der Waals surface area (Å²) in [7, 11) is -9.92. The Labute approximate surface area is 619 Å². The number of unbranched alkanes of at least 4 members (excludes halogenated alkanes) is 45. The third-order valence-corrected chi connectivity index (χ3v) is 21.0. The highest BCUT2D eigenvalue weighted by atomic mass is 31.2. The fraction of sp³-hybridized carbons (Fsp3) is 0.951. The zero-order valence-electron chi connectivity index (χ0n) is 66.5. The van der Waals surface area contributed by atoms with Crippen molar-refractivity contribution in [1.82, 2.24) is 0 Å². The van der Waals surface area contributed by atoms with Crippen LogP contribution >= 0.6 is 15.6 Å². The number of aliphatic hydroxyl groups is 1. The van der Waals surface area contributed by atoms with Crippen LogP contribution in [0, 0.1) is 23.7 Å². The van der Waals surface area contributed by atoms with Gasteiger partial charge in [-0.05, 0) is 49.4 Å². The van der Waals surface area contributed by atoms with E-state index in [2.05, 4.69) is 55.4 Å².